The predicted molar refractivity (Wildman–Crippen MR) is 105 cm³/mol. The maximum absolute atomic E-state index is 13.0. The Labute approximate surface area is 157 Å². The molecule has 0 saturated carbocycles. The molecule has 1 aliphatic heterocycles. The summed E-state index contributed by atoms with van der Waals surface area (Å²) in [6, 6.07) is 7.35. The molecule has 1 heterocycles. The lowest BCUT2D eigenvalue weighted by atomic mass is 9.97. The Balaban J connectivity index is 2.05. The molecule has 5 nitrogen and oxygen atoms in total. The fraction of sp³-hybridized carbons (Fsp3) is 0.619. The average Bonchev–Trinajstić information content (AvgIpc) is 2.64. The molecule has 0 aliphatic carbocycles. The Morgan fingerprint density at radius 3 is 2.23 bits per heavy atom. The number of nitrogens with zero attached hydrogens (tertiary/aromatic N) is 1. The van der Waals surface area contributed by atoms with Crippen molar-refractivity contribution in [2.45, 2.75) is 53.0 Å². The average molecular weight is 360 g/mol. The van der Waals surface area contributed by atoms with Gasteiger partial charge in [-0.1, -0.05) is 27.7 Å². The standard InChI is InChI=1S/C21H33N3O2/c1-5-14-24(18-10-12-22-13-11-18)20(26)17-8-6-16(7-9-17)19(25)23-15-21(2,3)4/h6-9,18,22H,5,10-15H2,1-4H3,(H,23,25). The van der Waals surface area contributed by atoms with Gasteiger partial charge in [0.05, 0.1) is 0 Å². The van der Waals surface area contributed by atoms with Crippen molar-refractivity contribution in [2.24, 2.45) is 5.41 Å². The minimum Gasteiger partial charge on any atom is -0.352 e. The minimum atomic E-state index is -0.0947. The van der Waals surface area contributed by atoms with Gasteiger partial charge in [-0.05, 0) is 62.0 Å². The van der Waals surface area contributed by atoms with Crippen LogP contribution >= 0.6 is 0 Å². The largest absolute Gasteiger partial charge is 0.352 e. The van der Waals surface area contributed by atoms with E-state index in [1.807, 2.05) is 4.90 Å². The Morgan fingerprint density at radius 1 is 1.12 bits per heavy atom. The quantitative estimate of drug-likeness (QED) is 0.821. The molecule has 5 heteroatoms. The van der Waals surface area contributed by atoms with Crippen LogP contribution in [0.1, 0.15) is 67.7 Å². The molecule has 0 spiro atoms. The topological polar surface area (TPSA) is 61.4 Å². The van der Waals surface area contributed by atoms with Gasteiger partial charge in [-0.25, -0.2) is 0 Å². The predicted octanol–water partition coefficient (Wildman–Crippen LogP) is 3.07. The SMILES string of the molecule is CCCN(C(=O)c1ccc(C(=O)NCC(C)(C)C)cc1)C1CCNCC1. The summed E-state index contributed by atoms with van der Waals surface area (Å²) >= 11 is 0. The van der Waals surface area contributed by atoms with E-state index < -0.39 is 0 Å². The molecule has 1 fully saturated rings. The second-order valence-corrected chi connectivity index (χ2v) is 8.30. The van der Waals surface area contributed by atoms with Gasteiger partial charge in [-0.2, -0.15) is 0 Å². The highest BCUT2D eigenvalue weighted by Crippen LogP contribution is 2.17. The van der Waals surface area contributed by atoms with Crippen molar-refractivity contribution in [1.82, 2.24) is 15.5 Å². The first kappa shape index (κ1) is 20.4. The van der Waals surface area contributed by atoms with E-state index in [9.17, 15) is 9.59 Å². The van der Waals surface area contributed by atoms with Gasteiger partial charge in [0.25, 0.3) is 11.8 Å². The third-order valence-corrected chi connectivity index (χ3v) is 4.65. The van der Waals surface area contributed by atoms with E-state index in [-0.39, 0.29) is 17.2 Å². The lowest BCUT2D eigenvalue weighted by molar-refractivity contribution is 0.0642. The van der Waals surface area contributed by atoms with Crippen molar-refractivity contribution in [2.75, 3.05) is 26.2 Å². The van der Waals surface area contributed by atoms with Crippen LogP contribution in [0.4, 0.5) is 0 Å². The molecule has 2 amide bonds. The van der Waals surface area contributed by atoms with Crippen molar-refractivity contribution in [3.63, 3.8) is 0 Å². The Hall–Kier alpha value is -1.88. The summed E-state index contributed by atoms with van der Waals surface area (Å²) in [4.78, 5) is 27.2. The van der Waals surface area contributed by atoms with Crippen LogP contribution in [-0.2, 0) is 0 Å². The summed E-state index contributed by atoms with van der Waals surface area (Å²) in [7, 11) is 0. The Morgan fingerprint density at radius 2 is 1.69 bits per heavy atom. The molecular weight excluding hydrogens is 326 g/mol. The van der Waals surface area contributed by atoms with E-state index in [0.29, 0.717) is 23.7 Å². The molecule has 0 unspecified atom stereocenters. The van der Waals surface area contributed by atoms with Crippen molar-refractivity contribution in [3.8, 4) is 0 Å². The molecule has 1 aromatic rings. The van der Waals surface area contributed by atoms with Gasteiger partial charge in [-0.3, -0.25) is 9.59 Å². The fourth-order valence-electron chi connectivity index (χ4n) is 3.19. The van der Waals surface area contributed by atoms with E-state index in [1.165, 1.54) is 0 Å². The molecule has 1 aliphatic rings. The smallest absolute Gasteiger partial charge is 0.254 e. The first-order valence-corrected chi connectivity index (χ1v) is 9.72. The monoisotopic (exact) mass is 359 g/mol. The molecule has 144 valence electrons. The number of nitrogens with one attached hydrogen (secondary N) is 2. The molecule has 1 saturated heterocycles. The first-order chi connectivity index (χ1) is 12.3. The van der Waals surface area contributed by atoms with Crippen LogP contribution in [0, 0.1) is 5.41 Å². The summed E-state index contributed by atoms with van der Waals surface area (Å²) in [6.45, 7) is 11.7. The number of rotatable bonds is 6. The number of hydrogen-bond acceptors (Lipinski definition) is 3. The van der Waals surface area contributed by atoms with Crippen LogP contribution in [0.5, 0.6) is 0 Å². The van der Waals surface area contributed by atoms with E-state index in [1.54, 1.807) is 24.3 Å². The van der Waals surface area contributed by atoms with Gasteiger partial charge >= 0.3 is 0 Å². The van der Waals surface area contributed by atoms with Crippen LogP contribution in [0.25, 0.3) is 0 Å². The summed E-state index contributed by atoms with van der Waals surface area (Å²) < 4.78 is 0. The highest BCUT2D eigenvalue weighted by atomic mass is 16.2. The highest BCUT2D eigenvalue weighted by Gasteiger charge is 2.25. The molecule has 26 heavy (non-hydrogen) atoms. The molecule has 2 N–H and O–H groups in total. The van der Waals surface area contributed by atoms with Crippen LogP contribution in [0.15, 0.2) is 24.3 Å². The third-order valence-electron chi connectivity index (χ3n) is 4.65. The maximum atomic E-state index is 13.0. The molecule has 0 atom stereocenters. The number of carbonyl (C=O) groups is 2. The second-order valence-electron chi connectivity index (χ2n) is 8.30. The van der Waals surface area contributed by atoms with Crippen LogP contribution in [0.3, 0.4) is 0 Å². The summed E-state index contributed by atoms with van der Waals surface area (Å²) in [5.74, 6) is -0.0249. The zero-order chi connectivity index (χ0) is 19.2. The molecule has 0 bridgehead atoms. The first-order valence-electron chi connectivity index (χ1n) is 9.72. The number of amides is 2. The van der Waals surface area contributed by atoms with Gasteiger partial charge in [-0.15, -0.1) is 0 Å². The lowest BCUT2D eigenvalue weighted by Gasteiger charge is -2.34. The zero-order valence-electron chi connectivity index (χ0n) is 16.6. The summed E-state index contributed by atoms with van der Waals surface area (Å²) in [6.07, 6.45) is 2.95. The van der Waals surface area contributed by atoms with Crippen molar-refractivity contribution in [3.05, 3.63) is 35.4 Å². The fourth-order valence-corrected chi connectivity index (χ4v) is 3.19. The van der Waals surface area contributed by atoms with Crippen LogP contribution < -0.4 is 10.6 Å². The molecule has 2 rings (SSSR count). The maximum Gasteiger partial charge on any atom is 0.254 e. The van der Waals surface area contributed by atoms with Crippen molar-refractivity contribution >= 4 is 11.8 Å². The van der Waals surface area contributed by atoms with Gasteiger partial charge in [0, 0.05) is 30.3 Å². The number of benzene rings is 1. The number of hydrogen-bond donors (Lipinski definition) is 2. The van der Waals surface area contributed by atoms with E-state index in [0.717, 1.165) is 38.9 Å². The normalized spacial score (nSPS) is 15.5. The Kier molecular flexibility index (Phi) is 7.21. The molecular formula is C21H33N3O2. The van der Waals surface area contributed by atoms with Crippen LogP contribution in [0.2, 0.25) is 0 Å². The van der Waals surface area contributed by atoms with Crippen LogP contribution in [-0.4, -0.2) is 48.9 Å². The number of carbonyl (C=O) groups excluding carboxylic acids is 2. The lowest BCUT2D eigenvalue weighted by Crippen LogP contribution is -2.46. The summed E-state index contributed by atoms with van der Waals surface area (Å²) in [5.41, 5.74) is 1.29. The van der Waals surface area contributed by atoms with Crippen molar-refractivity contribution < 1.29 is 9.59 Å². The van der Waals surface area contributed by atoms with Gasteiger partial charge < -0.3 is 15.5 Å². The molecule has 1 aromatic carbocycles. The van der Waals surface area contributed by atoms with Gasteiger partial charge in [0.1, 0.15) is 0 Å². The highest BCUT2D eigenvalue weighted by molar-refractivity contribution is 5.98. The Bertz CT molecular complexity index is 599. The minimum absolute atomic E-state index is 0.0427. The zero-order valence-corrected chi connectivity index (χ0v) is 16.6. The third kappa shape index (κ3) is 5.84. The van der Waals surface area contributed by atoms with E-state index in [2.05, 4.69) is 38.3 Å². The van der Waals surface area contributed by atoms with E-state index in [4.69, 9.17) is 0 Å². The molecule has 0 radical (unpaired) electrons. The van der Waals surface area contributed by atoms with E-state index >= 15 is 0 Å². The summed E-state index contributed by atoms with van der Waals surface area (Å²) in [5, 5.41) is 6.29. The number of piperidine rings is 1. The van der Waals surface area contributed by atoms with Gasteiger partial charge in [0.2, 0.25) is 0 Å². The second kappa shape index (κ2) is 9.17. The van der Waals surface area contributed by atoms with Crippen molar-refractivity contribution in [1.29, 1.82) is 0 Å². The molecule has 0 aromatic heterocycles. The van der Waals surface area contributed by atoms with Gasteiger partial charge in [0.15, 0.2) is 0 Å².